The van der Waals surface area contributed by atoms with E-state index in [1.165, 1.54) is 19.2 Å². The van der Waals surface area contributed by atoms with Gasteiger partial charge in [-0.05, 0) is 51.2 Å². The highest BCUT2D eigenvalue weighted by molar-refractivity contribution is 6.37. The quantitative estimate of drug-likeness (QED) is 0.402. The number of methoxy groups -OCH3 is 1. The monoisotopic (exact) mass is 567 g/mol. The Morgan fingerprint density at radius 1 is 0.947 bits per heavy atom. The van der Waals surface area contributed by atoms with E-state index in [0.717, 1.165) is 18.0 Å². The molecule has 12 heteroatoms. The Morgan fingerprint density at radius 2 is 1.58 bits per heavy atom. The highest BCUT2D eigenvalue weighted by Crippen LogP contribution is 2.41. The summed E-state index contributed by atoms with van der Waals surface area (Å²) < 4.78 is 21.4. The van der Waals surface area contributed by atoms with E-state index in [2.05, 4.69) is 4.90 Å². The fourth-order valence-corrected chi connectivity index (χ4v) is 4.37. The number of halogens is 2. The van der Waals surface area contributed by atoms with Crippen molar-refractivity contribution in [2.45, 2.75) is 13.8 Å². The topological polar surface area (TPSA) is 97.8 Å². The summed E-state index contributed by atoms with van der Waals surface area (Å²) >= 11 is 13.0. The highest BCUT2D eigenvalue weighted by atomic mass is 35.5. The first kappa shape index (κ1) is 29.3. The maximum absolute atomic E-state index is 13.2. The molecule has 0 bridgehead atoms. The lowest BCUT2D eigenvalue weighted by molar-refractivity contribution is -0.141. The molecule has 0 aromatic heterocycles. The van der Waals surface area contributed by atoms with Gasteiger partial charge in [-0.25, -0.2) is 4.79 Å². The van der Waals surface area contributed by atoms with Crippen LogP contribution in [0.15, 0.2) is 30.3 Å². The normalized spacial score (nSPS) is 13.6. The van der Waals surface area contributed by atoms with Gasteiger partial charge in [-0.1, -0.05) is 23.2 Å². The molecule has 10 nitrogen and oxygen atoms in total. The van der Waals surface area contributed by atoms with Crippen LogP contribution in [0.1, 0.15) is 24.2 Å². The van der Waals surface area contributed by atoms with Gasteiger partial charge in [-0.2, -0.15) is 0 Å². The van der Waals surface area contributed by atoms with Crippen LogP contribution in [0.3, 0.4) is 0 Å². The number of anilines is 1. The fourth-order valence-electron chi connectivity index (χ4n) is 3.81. The SMILES string of the molecule is CCOC(=O)CN(C(=O)OCC)c1cc(Cl)c(Oc2ccc(OC)c(C(=O)N3CCN(C)CC3)c2)c(Cl)c1. The summed E-state index contributed by atoms with van der Waals surface area (Å²) in [4.78, 5) is 42.8. The van der Waals surface area contributed by atoms with Crippen LogP contribution in [-0.2, 0) is 14.3 Å². The molecule has 0 radical (unpaired) electrons. The third kappa shape index (κ3) is 7.21. The van der Waals surface area contributed by atoms with E-state index in [1.54, 1.807) is 36.9 Å². The van der Waals surface area contributed by atoms with Crippen LogP contribution in [0.4, 0.5) is 10.5 Å². The number of amides is 2. The zero-order valence-electron chi connectivity index (χ0n) is 21.8. The number of hydrogen-bond acceptors (Lipinski definition) is 8. The highest BCUT2D eigenvalue weighted by Gasteiger charge is 2.26. The lowest BCUT2D eigenvalue weighted by Gasteiger charge is -2.32. The molecule has 0 aliphatic carbocycles. The minimum atomic E-state index is -0.761. The van der Waals surface area contributed by atoms with Gasteiger partial charge < -0.3 is 28.7 Å². The molecule has 1 heterocycles. The number of hydrogen-bond donors (Lipinski definition) is 0. The van der Waals surface area contributed by atoms with E-state index in [-0.39, 0.29) is 40.6 Å². The first-order valence-electron chi connectivity index (χ1n) is 12.1. The molecule has 1 saturated heterocycles. The Balaban J connectivity index is 1.88. The Kier molecular flexibility index (Phi) is 10.5. The van der Waals surface area contributed by atoms with Gasteiger partial charge in [0.2, 0.25) is 0 Å². The van der Waals surface area contributed by atoms with Gasteiger partial charge >= 0.3 is 12.1 Å². The molecule has 1 aliphatic heterocycles. The standard InChI is InChI=1S/C26H31Cl2N3O7/c1-5-36-23(32)16-31(26(34)37-6-2)17-13-20(27)24(21(28)14-17)38-18-7-8-22(35-4)19(15-18)25(33)30-11-9-29(3)10-12-30/h7-8,13-15H,5-6,9-12,16H2,1-4H3. The largest absolute Gasteiger partial charge is 0.496 e. The number of esters is 1. The molecule has 3 rings (SSSR count). The number of nitrogens with zero attached hydrogens (tertiary/aromatic N) is 3. The minimum absolute atomic E-state index is 0.0772. The third-order valence-corrected chi connectivity index (χ3v) is 6.35. The summed E-state index contributed by atoms with van der Waals surface area (Å²) in [6.07, 6.45) is -0.761. The number of piperazine rings is 1. The molecule has 2 aromatic carbocycles. The number of rotatable bonds is 9. The smallest absolute Gasteiger partial charge is 0.414 e. The van der Waals surface area contributed by atoms with Crippen molar-refractivity contribution >= 4 is 46.9 Å². The molecule has 0 atom stereocenters. The van der Waals surface area contributed by atoms with Crippen molar-refractivity contribution in [1.82, 2.24) is 9.80 Å². The molecule has 1 aliphatic rings. The number of carbonyl (C=O) groups excluding carboxylic acids is 3. The van der Waals surface area contributed by atoms with Crippen LogP contribution in [0.5, 0.6) is 17.2 Å². The second-order valence-corrected chi connectivity index (χ2v) is 9.20. The van der Waals surface area contributed by atoms with Crippen molar-refractivity contribution in [2.24, 2.45) is 0 Å². The Hall–Kier alpha value is -3.21. The third-order valence-electron chi connectivity index (χ3n) is 5.79. The first-order valence-corrected chi connectivity index (χ1v) is 12.9. The van der Waals surface area contributed by atoms with Gasteiger partial charge in [-0.15, -0.1) is 0 Å². The fraction of sp³-hybridized carbons (Fsp3) is 0.423. The number of benzene rings is 2. The van der Waals surface area contributed by atoms with Gasteiger partial charge in [0.1, 0.15) is 18.0 Å². The van der Waals surface area contributed by atoms with Crippen LogP contribution >= 0.6 is 23.2 Å². The van der Waals surface area contributed by atoms with E-state index in [4.69, 9.17) is 42.1 Å². The molecule has 2 amide bonds. The summed E-state index contributed by atoms with van der Waals surface area (Å²) in [5, 5.41) is 0.154. The van der Waals surface area contributed by atoms with Crippen molar-refractivity contribution < 1.29 is 33.3 Å². The molecule has 1 fully saturated rings. The van der Waals surface area contributed by atoms with Crippen LogP contribution < -0.4 is 14.4 Å². The van der Waals surface area contributed by atoms with Gasteiger partial charge in [0.15, 0.2) is 5.75 Å². The zero-order chi connectivity index (χ0) is 27.8. The van der Waals surface area contributed by atoms with Crippen molar-refractivity contribution in [3.63, 3.8) is 0 Å². The van der Waals surface area contributed by atoms with Gasteiger partial charge in [0.25, 0.3) is 5.91 Å². The first-order chi connectivity index (χ1) is 18.2. The predicted octanol–water partition coefficient (Wildman–Crippen LogP) is 4.71. The van der Waals surface area contributed by atoms with Gasteiger partial charge in [0, 0.05) is 26.2 Å². The molecule has 0 unspecified atom stereocenters. The van der Waals surface area contributed by atoms with Crippen molar-refractivity contribution in [3.05, 3.63) is 45.9 Å². The number of carbonyl (C=O) groups is 3. The summed E-state index contributed by atoms with van der Waals surface area (Å²) in [7, 11) is 3.51. The molecule has 206 valence electrons. The molecular weight excluding hydrogens is 537 g/mol. The molecular formula is C26H31Cl2N3O7. The predicted molar refractivity (Wildman–Crippen MR) is 144 cm³/mol. The van der Waals surface area contributed by atoms with E-state index in [0.29, 0.717) is 30.2 Å². The summed E-state index contributed by atoms with van der Waals surface area (Å²) in [6, 6.07) is 7.70. The van der Waals surface area contributed by atoms with Crippen LogP contribution in [0, 0.1) is 0 Å². The lowest BCUT2D eigenvalue weighted by atomic mass is 10.1. The minimum Gasteiger partial charge on any atom is -0.496 e. The van der Waals surface area contributed by atoms with E-state index in [1.807, 2.05) is 7.05 Å². The summed E-state index contributed by atoms with van der Waals surface area (Å²) in [6.45, 7) is 5.94. The second kappa shape index (κ2) is 13.5. The lowest BCUT2D eigenvalue weighted by Crippen LogP contribution is -2.47. The molecule has 0 saturated carbocycles. The summed E-state index contributed by atoms with van der Waals surface area (Å²) in [5.74, 6) is 0.0487. The van der Waals surface area contributed by atoms with Crippen molar-refractivity contribution in [1.29, 1.82) is 0 Å². The Bertz CT molecular complexity index is 1150. The maximum atomic E-state index is 13.2. The molecule has 0 N–H and O–H groups in total. The zero-order valence-corrected chi connectivity index (χ0v) is 23.3. The Labute approximate surface area is 231 Å². The average molecular weight is 568 g/mol. The molecule has 0 spiro atoms. The van der Waals surface area contributed by atoms with Gasteiger partial charge in [-0.3, -0.25) is 14.5 Å². The van der Waals surface area contributed by atoms with Gasteiger partial charge in [0.05, 0.1) is 41.6 Å². The number of likely N-dealkylation sites (N-methyl/N-ethyl adjacent to an activating group) is 1. The van der Waals surface area contributed by atoms with Crippen molar-refractivity contribution in [3.8, 4) is 17.2 Å². The van der Waals surface area contributed by atoms with Crippen molar-refractivity contribution in [2.75, 3.05) is 65.0 Å². The van der Waals surface area contributed by atoms with Crippen LogP contribution in [-0.4, -0.2) is 87.9 Å². The second-order valence-electron chi connectivity index (χ2n) is 8.39. The number of ether oxygens (including phenoxy) is 4. The molecule has 2 aromatic rings. The molecule has 38 heavy (non-hydrogen) atoms. The van der Waals surface area contributed by atoms with E-state index >= 15 is 0 Å². The summed E-state index contributed by atoms with van der Waals surface area (Å²) in [5.41, 5.74) is 0.570. The van der Waals surface area contributed by atoms with Crippen LogP contribution in [0.2, 0.25) is 10.0 Å². The maximum Gasteiger partial charge on any atom is 0.414 e. The van der Waals surface area contributed by atoms with Crippen LogP contribution in [0.25, 0.3) is 0 Å². The Morgan fingerprint density at radius 3 is 2.16 bits per heavy atom. The average Bonchev–Trinajstić information content (AvgIpc) is 2.89. The van der Waals surface area contributed by atoms with E-state index < -0.39 is 18.6 Å². The van der Waals surface area contributed by atoms with E-state index in [9.17, 15) is 14.4 Å².